The number of halogens is 1. The molecule has 0 saturated carbocycles. The molecule has 4 heterocycles. The van der Waals surface area contributed by atoms with Crippen molar-refractivity contribution in [1.82, 2.24) is 19.3 Å². The van der Waals surface area contributed by atoms with Crippen LogP contribution >= 0.6 is 11.6 Å². The van der Waals surface area contributed by atoms with Gasteiger partial charge in [0.05, 0.1) is 42.0 Å². The van der Waals surface area contributed by atoms with Gasteiger partial charge in [0.1, 0.15) is 0 Å². The van der Waals surface area contributed by atoms with Crippen molar-refractivity contribution in [3.63, 3.8) is 0 Å². The number of hydrogen-bond donors (Lipinski definition) is 1. The SMILES string of the molecule is COCc1nn2c(ncc3c(=O)n(NC(=O)c4ccc5c(c4)OCCCO5)ccc32)c1-c1cccc(Cl)c1. The number of benzene rings is 2. The third-order valence-electron chi connectivity index (χ3n) is 6.21. The molecule has 0 unspecified atom stereocenters. The average Bonchev–Trinajstić information content (AvgIpc) is 3.12. The lowest BCUT2D eigenvalue weighted by atomic mass is 10.1. The Morgan fingerprint density at radius 3 is 2.79 bits per heavy atom. The predicted octanol–water partition coefficient (Wildman–Crippen LogP) is 4.06. The minimum atomic E-state index is -0.471. The summed E-state index contributed by atoms with van der Waals surface area (Å²) < 4.78 is 19.4. The van der Waals surface area contributed by atoms with Crippen molar-refractivity contribution < 1.29 is 19.0 Å². The minimum absolute atomic E-state index is 0.245. The Bertz CT molecular complexity index is 1760. The molecule has 1 aliphatic rings. The Labute approximate surface area is 221 Å². The van der Waals surface area contributed by atoms with E-state index in [0.29, 0.717) is 52.2 Å². The topological polar surface area (TPSA) is 109 Å². The van der Waals surface area contributed by atoms with Crippen molar-refractivity contribution in [2.75, 3.05) is 25.7 Å². The molecule has 0 aliphatic carbocycles. The largest absolute Gasteiger partial charge is 0.490 e. The summed E-state index contributed by atoms with van der Waals surface area (Å²) >= 11 is 6.23. The van der Waals surface area contributed by atoms with Crippen molar-refractivity contribution in [3.05, 3.63) is 87.6 Å². The maximum absolute atomic E-state index is 13.3. The van der Waals surface area contributed by atoms with Gasteiger partial charge in [-0.25, -0.2) is 14.2 Å². The fourth-order valence-corrected chi connectivity index (χ4v) is 4.65. The third kappa shape index (κ3) is 4.23. The van der Waals surface area contributed by atoms with Crippen molar-refractivity contribution in [2.45, 2.75) is 13.0 Å². The zero-order valence-electron chi connectivity index (χ0n) is 20.3. The number of nitrogens with zero attached hydrogens (tertiary/aromatic N) is 4. The summed E-state index contributed by atoms with van der Waals surface area (Å²) in [7, 11) is 1.59. The molecule has 0 saturated heterocycles. The molecule has 0 bridgehead atoms. The molecule has 0 atom stereocenters. The molecule has 2 aromatic carbocycles. The average molecular weight is 532 g/mol. The normalized spacial score (nSPS) is 13.0. The predicted molar refractivity (Wildman–Crippen MR) is 142 cm³/mol. The van der Waals surface area contributed by atoms with Crippen molar-refractivity contribution in [2.24, 2.45) is 0 Å². The van der Waals surface area contributed by atoms with Gasteiger partial charge in [-0.2, -0.15) is 5.10 Å². The monoisotopic (exact) mass is 531 g/mol. The van der Waals surface area contributed by atoms with E-state index < -0.39 is 11.5 Å². The molecular weight excluding hydrogens is 510 g/mol. The number of fused-ring (bicyclic) bond motifs is 4. The van der Waals surface area contributed by atoms with Crippen molar-refractivity contribution in [1.29, 1.82) is 0 Å². The first-order valence-corrected chi connectivity index (χ1v) is 12.3. The first-order chi connectivity index (χ1) is 18.5. The summed E-state index contributed by atoms with van der Waals surface area (Å²) in [4.78, 5) is 30.9. The maximum atomic E-state index is 13.3. The van der Waals surface area contributed by atoms with Gasteiger partial charge in [0.2, 0.25) is 0 Å². The lowest BCUT2D eigenvalue weighted by Crippen LogP contribution is -2.33. The molecule has 3 aromatic heterocycles. The quantitative estimate of drug-likeness (QED) is 0.364. The van der Waals surface area contributed by atoms with Crippen LogP contribution in [0.4, 0.5) is 0 Å². The van der Waals surface area contributed by atoms with Crippen LogP contribution in [0.25, 0.3) is 27.7 Å². The highest BCUT2D eigenvalue weighted by Crippen LogP contribution is 2.32. The van der Waals surface area contributed by atoms with E-state index >= 15 is 0 Å². The van der Waals surface area contributed by atoms with E-state index in [1.807, 2.05) is 18.2 Å². The van der Waals surface area contributed by atoms with E-state index in [-0.39, 0.29) is 12.0 Å². The molecule has 0 radical (unpaired) electrons. The second kappa shape index (κ2) is 9.81. The molecule has 0 spiro atoms. The van der Waals surface area contributed by atoms with Gasteiger partial charge in [0.25, 0.3) is 11.5 Å². The Hall–Kier alpha value is -4.41. The Balaban J connectivity index is 1.39. The zero-order chi connectivity index (χ0) is 26.2. The number of rotatable bonds is 5. The number of carbonyl (C=O) groups excluding carboxylic acids is 1. The molecule has 0 fully saturated rings. The molecule has 1 N–H and O–H groups in total. The first-order valence-electron chi connectivity index (χ1n) is 11.9. The number of aromatic nitrogens is 4. The Morgan fingerprint density at radius 1 is 1.13 bits per heavy atom. The standard InChI is InChI=1S/C27H22ClN5O5/c1-36-15-20-24(16-4-2-5-18(28)12-16)25-29-14-19-21(33(25)30-20)8-9-32(27(19)35)31-26(34)17-6-7-22-23(13-17)38-11-3-10-37-22/h2,4-9,12-14H,3,10-11,15H2,1H3,(H,31,34). The fourth-order valence-electron chi connectivity index (χ4n) is 4.46. The number of hydrogen-bond acceptors (Lipinski definition) is 7. The Kier molecular flexibility index (Phi) is 6.18. The molecule has 1 aliphatic heterocycles. The lowest BCUT2D eigenvalue weighted by Gasteiger charge is -2.12. The van der Waals surface area contributed by atoms with Gasteiger partial charge in [-0.3, -0.25) is 15.0 Å². The van der Waals surface area contributed by atoms with Crippen LogP contribution in [0.2, 0.25) is 5.02 Å². The van der Waals surface area contributed by atoms with E-state index in [0.717, 1.165) is 22.2 Å². The summed E-state index contributed by atoms with van der Waals surface area (Å²) in [6, 6.07) is 14.0. The van der Waals surface area contributed by atoms with Gasteiger partial charge in [0.15, 0.2) is 17.1 Å². The van der Waals surface area contributed by atoms with Gasteiger partial charge < -0.3 is 14.2 Å². The van der Waals surface area contributed by atoms with E-state index in [9.17, 15) is 9.59 Å². The molecule has 192 valence electrons. The highest BCUT2D eigenvalue weighted by molar-refractivity contribution is 6.30. The number of pyridine rings is 1. The minimum Gasteiger partial charge on any atom is -0.490 e. The van der Waals surface area contributed by atoms with Crippen molar-refractivity contribution in [3.8, 4) is 22.6 Å². The van der Waals surface area contributed by atoms with Crippen molar-refractivity contribution >= 4 is 34.1 Å². The van der Waals surface area contributed by atoms with E-state index in [1.54, 1.807) is 42.0 Å². The number of nitrogens with one attached hydrogen (secondary N) is 1. The summed E-state index contributed by atoms with van der Waals surface area (Å²) in [6.45, 7) is 1.30. The summed E-state index contributed by atoms with van der Waals surface area (Å²) in [6.07, 6.45) is 3.73. The lowest BCUT2D eigenvalue weighted by molar-refractivity contribution is 0.101. The fraction of sp³-hybridized carbons (Fsp3) is 0.185. The number of amides is 1. The summed E-state index contributed by atoms with van der Waals surface area (Å²) in [5.74, 6) is 0.607. The van der Waals surface area contributed by atoms with Crippen LogP contribution in [0.3, 0.4) is 0 Å². The highest BCUT2D eigenvalue weighted by Gasteiger charge is 2.20. The maximum Gasteiger partial charge on any atom is 0.280 e. The van der Waals surface area contributed by atoms with Crippen LogP contribution in [-0.2, 0) is 11.3 Å². The van der Waals surface area contributed by atoms with Gasteiger partial charge >= 0.3 is 0 Å². The summed E-state index contributed by atoms with van der Waals surface area (Å²) in [5.41, 5.74) is 5.86. The first kappa shape index (κ1) is 24.0. The van der Waals surface area contributed by atoms with Crippen LogP contribution in [-0.4, -0.2) is 45.5 Å². The number of ether oxygens (including phenoxy) is 3. The van der Waals surface area contributed by atoms with Gasteiger partial charge in [-0.05, 0) is 42.0 Å². The number of methoxy groups -OCH3 is 1. The molecule has 6 rings (SSSR count). The molecule has 5 aromatic rings. The van der Waals surface area contributed by atoms with E-state index in [4.69, 9.17) is 25.8 Å². The third-order valence-corrected chi connectivity index (χ3v) is 6.45. The van der Waals surface area contributed by atoms with Gasteiger partial charge in [0, 0.05) is 36.5 Å². The molecule has 10 nitrogen and oxygen atoms in total. The van der Waals surface area contributed by atoms with Crippen LogP contribution < -0.4 is 20.5 Å². The second-order valence-corrected chi connectivity index (χ2v) is 9.14. The van der Waals surface area contributed by atoms with Crippen LogP contribution in [0.5, 0.6) is 11.5 Å². The van der Waals surface area contributed by atoms with Gasteiger partial charge in [-0.15, -0.1) is 0 Å². The molecule has 1 amide bonds. The number of carbonyl (C=O) groups is 1. The summed E-state index contributed by atoms with van der Waals surface area (Å²) in [5, 5.41) is 5.55. The van der Waals surface area contributed by atoms with E-state index in [2.05, 4.69) is 15.5 Å². The molecule has 38 heavy (non-hydrogen) atoms. The molecular formula is C27H22ClN5O5. The second-order valence-electron chi connectivity index (χ2n) is 8.70. The van der Waals surface area contributed by atoms with Crippen LogP contribution in [0, 0.1) is 0 Å². The Morgan fingerprint density at radius 2 is 1.97 bits per heavy atom. The highest BCUT2D eigenvalue weighted by atomic mass is 35.5. The molecule has 11 heteroatoms. The van der Waals surface area contributed by atoms with Crippen LogP contribution in [0.15, 0.2) is 65.7 Å². The van der Waals surface area contributed by atoms with Gasteiger partial charge in [-0.1, -0.05) is 23.7 Å². The zero-order valence-corrected chi connectivity index (χ0v) is 21.1. The van der Waals surface area contributed by atoms with E-state index in [1.165, 1.54) is 12.4 Å². The van der Waals surface area contributed by atoms with Crippen LogP contribution in [0.1, 0.15) is 22.5 Å². The smallest absolute Gasteiger partial charge is 0.280 e.